The van der Waals surface area contributed by atoms with Crippen LogP contribution >= 0.6 is 0 Å². The smallest absolute Gasteiger partial charge is 0.338 e. The summed E-state index contributed by atoms with van der Waals surface area (Å²) in [7, 11) is 0. The molecule has 0 spiro atoms. The molecule has 2 rings (SSSR count). The summed E-state index contributed by atoms with van der Waals surface area (Å²) < 4.78 is 30.0. The summed E-state index contributed by atoms with van der Waals surface area (Å²) in [6, 6.07) is 9.34. The first-order valence-corrected chi connectivity index (χ1v) is 8.36. The van der Waals surface area contributed by atoms with Crippen LogP contribution in [0, 0.1) is 5.82 Å². The van der Waals surface area contributed by atoms with Gasteiger partial charge >= 0.3 is 5.97 Å². The van der Waals surface area contributed by atoms with Crippen molar-refractivity contribution in [3.05, 3.63) is 47.8 Å². The molecular weight excluding hydrogens is 323 g/mol. The van der Waals surface area contributed by atoms with Crippen LogP contribution in [0.3, 0.4) is 0 Å². The fourth-order valence-electron chi connectivity index (χ4n) is 2.44. The summed E-state index contributed by atoms with van der Waals surface area (Å²) in [5.41, 5.74) is 1.78. The van der Waals surface area contributed by atoms with Gasteiger partial charge in [0.25, 0.3) is 0 Å². The first-order chi connectivity index (χ1) is 12.0. The molecule has 0 aromatic heterocycles. The number of esters is 1. The van der Waals surface area contributed by atoms with Crippen molar-refractivity contribution < 1.29 is 23.4 Å². The van der Waals surface area contributed by atoms with Crippen LogP contribution in [0.4, 0.5) is 4.39 Å². The van der Waals surface area contributed by atoms with Gasteiger partial charge < -0.3 is 14.2 Å². The standard InChI is InChI=1S/C20H23FO4/c1-5-23-17-11-15(20(22)24-6-2)12-18(25-13(3)4)19(17)14-7-9-16(21)10-8-14/h7-13H,5-6H2,1-4H3. The van der Waals surface area contributed by atoms with Gasteiger partial charge in [0.2, 0.25) is 0 Å². The molecule has 0 saturated carbocycles. The Balaban J connectivity index is 2.64. The number of carbonyl (C=O) groups is 1. The first kappa shape index (κ1) is 18.8. The third kappa shape index (κ3) is 4.72. The van der Waals surface area contributed by atoms with Gasteiger partial charge in [-0.3, -0.25) is 0 Å². The lowest BCUT2D eigenvalue weighted by Crippen LogP contribution is -2.11. The highest BCUT2D eigenvalue weighted by Crippen LogP contribution is 2.40. The van der Waals surface area contributed by atoms with Gasteiger partial charge in [-0.25, -0.2) is 9.18 Å². The van der Waals surface area contributed by atoms with Crippen molar-refractivity contribution in [3.63, 3.8) is 0 Å². The zero-order chi connectivity index (χ0) is 18.4. The molecule has 0 saturated heterocycles. The van der Waals surface area contributed by atoms with Crippen LogP contribution in [0.15, 0.2) is 36.4 Å². The van der Waals surface area contributed by atoms with Gasteiger partial charge in [-0.2, -0.15) is 0 Å². The molecule has 0 fully saturated rings. The SMILES string of the molecule is CCOC(=O)c1cc(OCC)c(-c2ccc(F)cc2)c(OC(C)C)c1. The molecule has 0 aliphatic rings. The van der Waals surface area contributed by atoms with Crippen LogP contribution < -0.4 is 9.47 Å². The second kappa shape index (κ2) is 8.51. The first-order valence-electron chi connectivity index (χ1n) is 8.36. The Kier molecular flexibility index (Phi) is 6.39. The second-order valence-corrected chi connectivity index (χ2v) is 5.67. The maximum absolute atomic E-state index is 13.3. The quantitative estimate of drug-likeness (QED) is 0.672. The average Bonchev–Trinajstić information content (AvgIpc) is 2.56. The molecule has 0 bridgehead atoms. The molecule has 0 N–H and O–H groups in total. The van der Waals surface area contributed by atoms with Crippen molar-refractivity contribution >= 4 is 5.97 Å². The van der Waals surface area contributed by atoms with Crippen molar-refractivity contribution in [2.45, 2.75) is 33.8 Å². The summed E-state index contributed by atoms with van der Waals surface area (Å²) >= 11 is 0. The predicted octanol–water partition coefficient (Wildman–Crippen LogP) is 4.86. The summed E-state index contributed by atoms with van der Waals surface area (Å²) in [6.07, 6.45) is -0.105. The Morgan fingerprint density at radius 1 is 1.04 bits per heavy atom. The Bertz CT molecular complexity index is 723. The molecular formula is C20H23FO4. The highest BCUT2D eigenvalue weighted by atomic mass is 19.1. The van der Waals surface area contributed by atoms with Gasteiger partial charge in [0.05, 0.1) is 30.4 Å². The van der Waals surface area contributed by atoms with E-state index < -0.39 is 5.97 Å². The van der Waals surface area contributed by atoms with Crippen LogP contribution in [-0.2, 0) is 4.74 Å². The monoisotopic (exact) mass is 346 g/mol. The number of rotatable bonds is 7. The van der Waals surface area contributed by atoms with Crippen molar-refractivity contribution in [2.75, 3.05) is 13.2 Å². The third-order valence-electron chi connectivity index (χ3n) is 3.37. The number of hydrogen-bond acceptors (Lipinski definition) is 4. The van der Waals surface area contributed by atoms with Gasteiger partial charge in [0, 0.05) is 0 Å². The van der Waals surface area contributed by atoms with E-state index in [9.17, 15) is 9.18 Å². The fourth-order valence-corrected chi connectivity index (χ4v) is 2.44. The molecule has 4 nitrogen and oxygen atoms in total. The van der Waals surface area contributed by atoms with E-state index in [0.29, 0.717) is 29.2 Å². The molecule has 0 amide bonds. The molecule has 0 aliphatic carbocycles. The van der Waals surface area contributed by atoms with Crippen LogP contribution in [-0.4, -0.2) is 25.3 Å². The Labute approximate surface area is 147 Å². The molecule has 134 valence electrons. The molecule has 0 heterocycles. The van der Waals surface area contributed by atoms with Gasteiger partial charge in [-0.05, 0) is 57.5 Å². The van der Waals surface area contributed by atoms with E-state index in [1.165, 1.54) is 12.1 Å². The lowest BCUT2D eigenvalue weighted by Gasteiger charge is -2.19. The second-order valence-electron chi connectivity index (χ2n) is 5.67. The third-order valence-corrected chi connectivity index (χ3v) is 3.37. The summed E-state index contributed by atoms with van der Waals surface area (Å²) in [6.45, 7) is 8.09. The normalized spacial score (nSPS) is 10.6. The maximum Gasteiger partial charge on any atom is 0.338 e. The highest BCUT2D eigenvalue weighted by Gasteiger charge is 2.20. The number of benzene rings is 2. The molecule has 0 atom stereocenters. The van der Waals surface area contributed by atoms with E-state index in [2.05, 4.69) is 0 Å². The molecule has 2 aromatic carbocycles. The van der Waals surface area contributed by atoms with E-state index in [0.717, 1.165) is 5.56 Å². The van der Waals surface area contributed by atoms with Crippen molar-refractivity contribution in [3.8, 4) is 22.6 Å². The average molecular weight is 346 g/mol. The van der Waals surface area contributed by atoms with Crippen LogP contribution in [0.1, 0.15) is 38.1 Å². The minimum absolute atomic E-state index is 0.105. The number of carbonyl (C=O) groups excluding carboxylic acids is 1. The minimum atomic E-state index is -0.442. The fraction of sp³-hybridized carbons (Fsp3) is 0.350. The van der Waals surface area contributed by atoms with Crippen LogP contribution in [0.2, 0.25) is 0 Å². The van der Waals surface area contributed by atoms with E-state index in [4.69, 9.17) is 14.2 Å². The summed E-state index contributed by atoms with van der Waals surface area (Å²) in [4.78, 5) is 12.1. The predicted molar refractivity (Wildman–Crippen MR) is 94.7 cm³/mol. The van der Waals surface area contributed by atoms with Gasteiger partial charge in [0.1, 0.15) is 17.3 Å². The lowest BCUT2D eigenvalue weighted by atomic mass is 10.0. The Morgan fingerprint density at radius 3 is 2.24 bits per heavy atom. The van der Waals surface area contributed by atoms with E-state index in [1.807, 2.05) is 20.8 Å². The van der Waals surface area contributed by atoms with E-state index in [-0.39, 0.29) is 18.5 Å². The van der Waals surface area contributed by atoms with Crippen molar-refractivity contribution in [1.29, 1.82) is 0 Å². The summed E-state index contributed by atoms with van der Waals surface area (Å²) in [5, 5.41) is 0. The zero-order valence-corrected chi connectivity index (χ0v) is 15.0. The largest absolute Gasteiger partial charge is 0.493 e. The van der Waals surface area contributed by atoms with Gasteiger partial charge in [-0.15, -0.1) is 0 Å². The molecule has 0 radical (unpaired) electrons. The van der Waals surface area contributed by atoms with Crippen LogP contribution in [0.5, 0.6) is 11.5 Å². The molecule has 0 unspecified atom stereocenters. The molecule has 25 heavy (non-hydrogen) atoms. The number of hydrogen-bond donors (Lipinski definition) is 0. The number of halogens is 1. The highest BCUT2D eigenvalue weighted by molar-refractivity contribution is 5.93. The Hall–Kier alpha value is -2.56. The van der Waals surface area contributed by atoms with Gasteiger partial charge in [-0.1, -0.05) is 12.1 Å². The van der Waals surface area contributed by atoms with Crippen LogP contribution in [0.25, 0.3) is 11.1 Å². The zero-order valence-electron chi connectivity index (χ0n) is 15.0. The molecule has 5 heteroatoms. The molecule has 0 aliphatic heterocycles. The lowest BCUT2D eigenvalue weighted by molar-refractivity contribution is 0.0525. The van der Waals surface area contributed by atoms with Crippen molar-refractivity contribution in [1.82, 2.24) is 0 Å². The van der Waals surface area contributed by atoms with Crippen molar-refractivity contribution in [2.24, 2.45) is 0 Å². The van der Waals surface area contributed by atoms with E-state index >= 15 is 0 Å². The Morgan fingerprint density at radius 2 is 1.68 bits per heavy atom. The maximum atomic E-state index is 13.3. The number of ether oxygens (including phenoxy) is 3. The van der Waals surface area contributed by atoms with Gasteiger partial charge in [0.15, 0.2) is 0 Å². The topological polar surface area (TPSA) is 44.8 Å². The van der Waals surface area contributed by atoms with E-state index in [1.54, 1.807) is 31.2 Å². The summed E-state index contributed by atoms with van der Waals surface area (Å²) in [5.74, 6) is 0.227. The minimum Gasteiger partial charge on any atom is -0.493 e. The molecule has 2 aromatic rings.